The van der Waals surface area contributed by atoms with E-state index in [4.69, 9.17) is 0 Å². The predicted octanol–water partition coefficient (Wildman–Crippen LogP) is 3.11. The van der Waals surface area contributed by atoms with E-state index in [2.05, 4.69) is 31.5 Å². The average molecular weight is 382 g/mol. The van der Waals surface area contributed by atoms with Crippen molar-refractivity contribution in [3.8, 4) is 11.3 Å². The van der Waals surface area contributed by atoms with E-state index < -0.39 is 0 Å². The molecule has 0 unspecified atom stereocenters. The molecule has 0 aromatic carbocycles. The van der Waals surface area contributed by atoms with Crippen molar-refractivity contribution in [2.24, 2.45) is 5.92 Å². The molecule has 3 aromatic rings. The number of piperidine rings is 1. The SMILES string of the molecule is O=C(Cc1cccs1)NCC1CCN(c2cc(-c3cccnc3)[nH]n2)CC1. The van der Waals surface area contributed by atoms with Gasteiger partial charge in [0.2, 0.25) is 5.91 Å². The largest absolute Gasteiger partial charge is 0.356 e. The smallest absolute Gasteiger partial charge is 0.225 e. The summed E-state index contributed by atoms with van der Waals surface area (Å²) in [6, 6.07) is 10.0. The molecule has 1 amide bonds. The van der Waals surface area contributed by atoms with Gasteiger partial charge in [-0.1, -0.05) is 6.07 Å². The molecule has 4 heterocycles. The summed E-state index contributed by atoms with van der Waals surface area (Å²) in [7, 11) is 0. The molecule has 0 spiro atoms. The highest BCUT2D eigenvalue weighted by Crippen LogP contribution is 2.25. The first-order chi connectivity index (χ1) is 13.3. The topological polar surface area (TPSA) is 73.9 Å². The van der Waals surface area contributed by atoms with Crippen LogP contribution in [0.5, 0.6) is 0 Å². The maximum atomic E-state index is 12.0. The van der Waals surface area contributed by atoms with Gasteiger partial charge in [-0.3, -0.25) is 14.9 Å². The van der Waals surface area contributed by atoms with E-state index in [1.807, 2.05) is 35.8 Å². The summed E-state index contributed by atoms with van der Waals surface area (Å²) in [6.07, 6.45) is 6.22. The minimum Gasteiger partial charge on any atom is -0.356 e. The first-order valence-electron chi connectivity index (χ1n) is 9.28. The van der Waals surface area contributed by atoms with Crippen LogP contribution in [0.15, 0.2) is 48.1 Å². The molecule has 140 valence electrons. The van der Waals surface area contributed by atoms with Crippen LogP contribution in [0.2, 0.25) is 0 Å². The van der Waals surface area contributed by atoms with E-state index in [1.54, 1.807) is 17.5 Å². The lowest BCUT2D eigenvalue weighted by Gasteiger charge is -2.32. The Morgan fingerprint density at radius 3 is 2.93 bits per heavy atom. The number of aromatic nitrogens is 3. The normalized spacial score (nSPS) is 15.0. The third-order valence-electron chi connectivity index (χ3n) is 4.98. The molecule has 0 saturated carbocycles. The Bertz CT molecular complexity index is 854. The number of H-pyrrole nitrogens is 1. The van der Waals surface area contributed by atoms with Crippen LogP contribution in [0.25, 0.3) is 11.3 Å². The Hall–Kier alpha value is -2.67. The molecule has 1 aliphatic rings. The number of thiophene rings is 1. The van der Waals surface area contributed by atoms with Crippen LogP contribution in [0.1, 0.15) is 17.7 Å². The highest BCUT2D eigenvalue weighted by Gasteiger charge is 2.21. The van der Waals surface area contributed by atoms with Crippen LogP contribution < -0.4 is 10.2 Å². The van der Waals surface area contributed by atoms with Gasteiger partial charge < -0.3 is 10.2 Å². The van der Waals surface area contributed by atoms with E-state index in [9.17, 15) is 4.79 Å². The van der Waals surface area contributed by atoms with E-state index in [-0.39, 0.29) is 5.91 Å². The van der Waals surface area contributed by atoms with Crippen molar-refractivity contribution in [2.75, 3.05) is 24.5 Å². The molecule has 0 bridgehead atoms. The number of nitrogens with one attached hydrogen (secondary N) is 2. The molecule has 0 atom stereocenters. The first kappa shape index (κ1) is 17.7. The highest BCUT2D eigenvalue weighted by atomic mass is 32.1. The number of carbonyl (C=O) groups excluding carboxylic acids is 1. The highest BCUT2D eigenvalue weighted by molar-refractivity contribution is 7.10. The van der Waals surface area contributed by atoms with Gasteiger partial charge in [-0.25, -0.2) is 0 Å². The Kier molecular flexibility index (Phi) is 5.48. The van der Waals surface area contributed by atoms with Crippen molar-refractivity contribution in [3.63, 3.8) is 0 Å². The Labute approximate surface area is 162 Å². The minimum absolute atomic E-state index is 0.119. The maximum Gasteiger partial charge on any atom is 0.225 e. The second-order valence-electron chi connectivity index (χ2n) is 6.87. The number of hydrogen-bond donors (Lipinski definition) is 2. The fourth-order valence-electron chi connectivity index (χ4n) is 3.40. The quantitative estimate of drug-likeness (QED) is 0.688. The van der Waals surface area contributed by atoms with Gasteiger partial charge in [0, 0.05) is 48.5 Å². The van der Waals surface area contributed by atoms with E-state index in [0.29, 0.717) is 12.3 Å². The van der Waals surface area contributed by atoms with E-state index >= 15 is 0 Å². The molecule has 7 heteroatoms. The summed E-state index contributed by atoms with van der Waals surface area (Å²) in [5.41, 5.74) is 2.03. The summed E-state index contributed by atoms with van der Waals surface area (Å²) >= 11 is 1.63. The number of nitrogens with zero attached hydrogens (tertiary/aromatic N) is 3. The van der Waals surface area contributed by atoms with E-state index in [1.165, 1.54) is 0 Å². The van der Waals surface area contributed by atoms with Crippen LogP contribution in [-0.2, 0) is 11.2 Å². The van der Waals surface area contributed by atoms with Gasteiger partial charge in [0.1, 0.15) is 0 Å². The summed E-state index contributed by atoms with van der Waals surface area (Å²) in [4.78, 5) is 19.6. The van der Waals surface area contributed by atoms with E-state index in [0.717, 1.165) is 54.4 Å². The van der Waals surface area contributed by atoms with Crippen molar-refractivity contribution in [1.82, 2.24) is 20.5 Å². The van der Waals surface area contributed by atoms with Gasteiger partial charge in [-0.15, -0.1) is 11.3 Å². The van der Waals surface area contributed by atoms with Gasteiger partial charge in [0.05, 0.1) is 12.1 Å². The number of pyridine rings is 1. The zero-order chi connectivity index (χ0) is 18.5. The molecule has 4 rings (SSSR count). The van der Waals surface area contributed by atoms with Crippen molar-refractivity contribution < 1.29 is 4.79 Å². The van der Waals surface area contributed by atoms with Crippen LogP contribution in [0.4, 0.5) is 5.82 Å². The van der Waals surface area contributed by atoms with Crippen molar-refractivity contribution in [3.05, 3.63) is 53.0 Å². The van der Waals surface area contributed by atoms with Crippen molar-refractivity contribution in [2.45, 2.75) is 19.3 Å². The van der Waals surface area contributed by atoms with Crippen LogP contribution in [0.3, 0.4) is 0 Å². The number of aromatic amines is 1. The minimum atomic E-state index is 0.119. The number of amides is 1. The van der Waals surface area contributed by atoms with Crippen molar-refractivity contribution >= 4 is 23.1 Å². The maximum absolute atomic E-state index is 12.0. The lowest BCUT2D eigenvalue weighted by Crippen LogP contribution is -2.39. The summed E-state index contributed by atoms with van der Waals surface area (Å²) in [6.45, 7) is 2.69. The number of carbonyl (C=O) groups is 1. The molecular formula is C20H23N5OS. The zero-order valence-corrected chi connectivity index (χ0v) is 15.9. The fraction of sp³-hybridized carbons (Fsp3) is 0.350. The third kappa shape index (κ3) is 4.54. The molecule has 3 aromatic heterocycles. The van der Waals surface area contributed by atoms with Crippen LogP contribution in [0, 0.1) is 5.92 Å². The monoisotopic (exact) mass is 381 g/mol. The number of rotatable bonds is 6. The third-order valence-corrected chi connectivity index (χ3v) is 5.85. The first-order valence-corrected chi connectivity index (χ1v) is 10.2. The van der Waals surface area contributed by atoms with Crippen LogP contribution in [-0.4, -0.2) is 40.7 Å². The summed E-state index contributed by atoms with van der Waals surface area (Å²) in [5.74, 6) is 1.63. The second-order valence-corrected chi connectivity index (χ2v) is 7.90. The van der Waals surface area contributed by atoms with Gasteiger partial charge in [-0.05, 0) is 42.3 Å². The molecule has 2 N–H and O–H groups in total. The molecular weight excluding hydrogens is 358 g/mol. The second kappa shape index (κ2) is 8.35. The molecule has 0 aliphatic carbocycles. The van der Waals surface area contributed by atoms with Gasteiger partial charge in [-0.2, -0.15) is 5.10 Å². The molecule has 27 heavy (non-hydrogen) atoms. The van der Waals surface area contributed by atoms with Gasteiger partial charge in [0.15, 0.2) is 5.82 Å². The lowest BCUT2D eigenvalue weighted by molar-refractivity contribution is -0.120. The standard InChI is InChI=1S/C20H23N5OS/c26-20(11-17-4-2-10-27-17)22-13-15-5-8-25(9-6-15)19-12-18(23-24-19)16-3-1-7-21-14-16/h1-4,7,10,12,14-15H,5-6,8-9,11,13H2,(H,22,26)(H,23,24). The lowest BCUT2D eigenvalue weighted by atomic mass is 9.96. The molecule has 1 saturated heterocycles. The zero-order valence-electron chi connectivity index (χ0n) is 15.1. The molecule has 0 radical (unpaired) electrons. The Morgan fingerprint density at radius 2 is 2.19 bits per heavy atom. The van der Waals surface area contributed by atoms with Gasteiger partial charge >= 0.3 is 0 Å². The predicted molar refractivity (Wildman–Crippen MR) is 108 cm³/mol. The summed E-state index contributed by atoms with van der Waals surface area (Å²) in [5, 5.41) is 12.7. The molecule has 6 nitrogen and oxygen atoms in total. The van der Waals surface area contributed by atoms with Gasteiger partial charge in [0.25, 0.3) is 0 Å². The fourth-order valence-corrected chi connectivity index (χ4v) is 4.10. The molecule has 1 fully saturated rings. The average Bonchev–Trinajstić information content (AvgIpc) is 3.40. The Morgan fingerprint density at radius 1 is 1.30 bits per heavy atom. The Balaban J connectivity index is 1.24. The van der Waals surface area contributed by atoms with Crippen LogP contribution >= 0.6 is 11.3 Å². The summed E-state index contributed by atoms with van der Waals surface area (Å²) < 4.78 is 0. The van der Waals surface area contributed by atoms with Crippen molar-refractivity contribution in [1.29, 1.82) is 0 Å². The number of hydrogen-bond acceptors (Lipinski definition) is 5. The number of anilines is 1. The molecule has 1 aliphatic heterocycles.